The van der Waals surface area contributed by atoms with Crippen LogP contribution in [0.15, 0.2) is 0 Å². The van der Waals surface area contributed by atoms with Crippen LogP contribution in [0.3, 0.4) is 0 Å². The number of nitrogens with two attached hydrogens (primary N) is 1. The Morgan fingerprint density at radius 1 is 0.889 bits per heavy atom. The van der Waals surface area contributed by atoms with Gasteiger partial charge in [0.1, 0.15) is 0 Å². The Labute approximate surface area is 117 Å². The third-order valence-electron chi connectivity index (χ3n) is 4.22. The van der Waals surface area contributed by atoms with Crippen LogP contribution in [0.2, 0.25) is 0 Å². The van der Waals surface area contributed by atoms with Gasteiger partial charge in [0, 0.05) is 0 Å². The molecule has 0 amide bonds. The van der Waals surface area contributed by atoms with Crippen molar-refractivity contribution in [2.24, 2.45) is 5.73 Å². The molecule has 0 aliphatic heterocycles. The molecular weight excluding hydrogens is 246 g/mol. The summed E-state index contributed by atoms with van der Waals surface area (Å²) in [5.41, 5.74) is 13.7. The van der Waals surface area contributed by atoms with E-state index in [9.17, 15) is 5.11 Å². The molecule has 104 valence electrons. The number of hydrogen-bond donors (Lipinski definition) is 2. The number of aliphatic hydroxyl groups is 1. The first-order chi connectivity index (χ1) is 7.82. The van der Waals surface area contributed by atoms with Gasteiger partial charge in [0.05, 0.1) is 12.1 Å². The third-order valence-corrected chi connectivity index (χ3v) is 4.22. The number of halogens is 1. The fourth-order valence-electron chi connectivity index (χ4n) is 2.48. The lowest BCUT2D eigenvalue weighted by Gasteiger charge is -2.25. The average Bonchev–Trinajstić information content (AvgIpc) is 2.32. The Bertz CT molecular complexity index is 400. The van der Waals surface area contributed by atoms with Crippen LogP contribution in [0.4, 0.5) is 0 Å². The molecule has 0 spiro atoms. The standard InChI is InChI=1S/C15H25NO.ClH/c1-7-13(17)15(16)14-11(5)9(3)8(2)10(4)12(14)6;/h13,15,17H,7,16H2,1-6H3;1H/t13-,15-;/m0./s1. The van der Waals surface area contributed by atoms with Crippen molar-refractivity contribution in [3.05, 3.63) is 33.4 Å². The zero-order chi connectivity index (χ0) is 13.3. The number of benzene rings is 1. The van der Waals surface area contributed by atoms with E-state index in [0.717, 1.165) is 5.56 Å². The molecule has 3 N–H and O–H groups in total. The second-order valence-electron chi connectivity index (χ2n) is 5.04. The van der Waals surface area contributed by atoms with Crippen LogP contribution in [-0.4, -0.2) is 11.2 Å². The molecule has 18 heavy (non-hydrogen) atoms. The number of hydrogen-bond acceptors (Lipinski definition) is 2. The van der Waals surface area contributed by atoms with Crippen LogP contribution in [-0.2, 0) is 0 Å². The molecule has 2 nitrogen and oxygen atoms in total. The molecule has 3 heteroatoms. The van der Waals surface area contributed by atoms with Gasteiger partial charge in [-0.2, -0.15) is 0 Å². The van der Waals surface area contributed by atoms with E-state index >= 15 is 0 Å². The van der Waals surface area contributed by atoms with Gasteiger partial charge in [-0.1, -0.05) is 6.92 Å². The summed E-state index contributed by atoms with van der Waals surface area (Å²) in [5.74, 6) is 0. The van der Waals surface area contributed by atoms with Gasteiger partial charge in [0.25, 0.3) is 0 Å². The summed E-state index contributed by atoms with van der Waals surface area (Å²) in [6, 6.07) is -0.280. The first kappa shape index (κ1) is 17.4. The first-order valence-corrected chi connectivity index (χ1v) is 6.33. The van der Waals surface area contributed by atoms with Crippen LogP contribution < -0.4 is 5.73 Å². The van der Waals surface area contributed by atoms with E-state index < -0.39 is 6.10 Å². The summed E-state index contributed by atoms with van der Waals surface area (Å²) in [5, 5.41) is 9.95. The van der Waals surface area contributed by atoms with Gasteiger partial charge in [-0.05, 0) is 74.4 Å². The van der Waals surface area contributed by atoms with Crippen LogP contribution in [0, 0.1) is 34.6 Å². The predicted octanol–water partition coefficient (Wildman–Crippen LogP) is 3.42. The van der Waals surface area contributed by atoms with E-state index in [1.165, 1.54) is 27.8 Å². The fraction of sp³-hybridized carbons (Fsp3) is 0.600. The lowest BCUT2D eigenvalue weighted by atomic mass is 9.84. The molecule has 1 aromatic carbocycles. The quantitative estimate of drug-likeness (QED) is 0.885. The molecule has 0 bridgehead atoms. The molecule has 0 unspecified atom stereocenters. The maximum absolute atomic E-state index is 9.95. The second kappa shape index (κ2) is 6.55. The highest BCUT2D eigenvalue weighted by atomic mass is 35.5. The van der Waals surface area contributed by atoms with Crippen molar-refractivity contribution >= 4 is 12.4 Å². The average molecular weight is 272 g/mol. The highest BCUT2D eigenvalue weighted by molar-refractivity contribution is 5.85. The molecule has 0 radical (unpaired) electrons. The lowest BCUT2D eigenvalue weighted by Crippen LogP contribution is -2.27. The van der Waals surface area contributed by atoms with E-state index in [-0.39, 0.29) is 18.4 Å². The van der Waals surface area contributed by atoms with Gasteiger partial charge in [-0.15, -0.1) is 12.4 Å². The molecule has 0 heterocycles. The number of aliphatic hydroxyl groups excluding tert-OH is 1. The van der Waals surface area contributed by atoms with Crippen LogP contribution in [0.1, 0.15) is 52.8 Å². The second-order valence-corrected chi connectivity index (χ2v) is 5.04. The summed E-state index contributed by atoms with van der Waals surface area (Å²) in [6.45, 7) is 12.6. The molecule has 0 aliphatic rings. The Hall–Kier alpha value is -0.570. The van der Waals surface area contributed by atoms with E-state index in [0.29, 0.717) is 6.42 Å². The van der Waals surface area contributed by atoms with Crippen molar-refractivity contribution in [3.8, 4) is 0 Å². The van der Waals surface area contributed by atoms with E-state index in [2.05, 4.69) is 34.6 Å². The maximum atomic E-state index is 9.95. The van der Waals surface area contributed by atoms with E-state index in [4.69, 9.17) is 5.73 Å². The van der Waals surface area contributed by atoms with Crippen molar-refractivity contribution in [1.82, 2.24) is 0 Å². The van der Waals surface area contributed by atoms with Crippen molar-refractivity contribution in [2.75, 3.05) is 0 Å². The Morgan fingerprint density at radius 3 is 1.56 bits per heavy atom. The lowest BCUT2D eigenvalue weighted by molar-refractivity contribution is 0.140. The predicted molar refractivity (Wildman–Crippen MR) is 80.6 cm³/mol. The van der Waals surface area contributed by atoms with Crippen molar-refractivity contribution in [1.29, 1.82) is 0 Å². The summed E-state index contributed by atoms with van der Waals surface area (Å²) < 4.78 is 0. The Morgan fingerprint density at radius 2 is 1.22 bits per heavy atom. The van der Waals surface area contributed by atoms with E-state index in [1.54, 1.807) is 0 Å². The topological polar surface area (TPSA) is 46.2 Å². The maximum Gasteiger partial charge on any atom is 0.0730 e. The summed E-state index contributed by atoms with van der Waals surface area (Å²) in [6.07, 6.45) is 0.223. The van der Waals surface area contributed by atoms with Crippen LogP contribution in [0.5, 0.6) is 0 Å². The molecule has 0 saturated heterocycles. The van der Waals surface area contributed by atoms with Gasteiger partial charge in [0.2, 0.25) is 0 Å². The zero-order valence-corrected chi connectivity index (χ0v) is 13.1. The number of rotatable bonds is 3. The molecular formula is C15H26ClNO. The fourth-order valence-corrected chi connectivity index (χ4v) is 2.48. The zero-order valence-electron chi connectivity index (χ0n) is 12.3. The monoisotopic (exact) mass is 271 g/mol. The minimum Gasteiger partial charge on any atom is -0.391 e. The largest absolute Gasteiger partial charge is 0.391 e. The molecule has 1 rings (SSSR count). The molecule has 0 saturated carbocycles. The van der Waals surface area contributed by atoms with E-state index in [1.807, 2.05) is 6.92 Å². The van der Waals surface area contributed by atoms with Gasteiger partial charge in [0.15, 0.2) is 0 Å². The first-order valence-electron chi connectivity index (χ1n) is 6.33. The third kappa shape index (κ3) is 2.87. The molecule has 0 aromatic heterocycles. The van der Waals surface area contributed by atoms with Gasteiger partial charge >= 0.3 is 0 Å². The van der Waals surface area contributed by atoms with Gasteiger partial charge in [-0.25, -0.2) is 0 Å². The van der Waals surface area contributed by atoms with Crippen LogP contribution >= 0.6 is 12.4 Å². The van der Waals surface area contributed by atoms with Crippen molar-refractivity contribution in [2.45, 2.75) is 60.1 Å². The van der Waals surface area contributed by atoms with Gasteiger partial charge in [-0.3, -0.25) is 0 Å². The summed E-state index contributed by atoms with van der Waals surface area (Å²) in [7, 11) is 0. The Kier molecular flexibility index (Phi) is 6.35. The van der Waals surface area contributed by atoms with Crippen molar-refractivity contribution < 1.29 is 5.11 Å². The Balaban J connectivity index is 0.00000289. The van der Waals surface area contributed by atoms with Crippen molar-refractivity contribution in [3.63, 3.8) is 0 Å². The molecule has 2 atom stereocenters. The van der Waals surface area contributed by atoms with Gasteiger partial charge < -0.3 is 10.8 Å². The molecule has 0 fully saturated rings. The highest BCUT2D eigenvalue weighted by Gasteiger charge is 2.22. The highest BCUT2D eigenvalue weighted by Crippen LogP contribution is 2.31. The molecule has 0 aliphatic carbocycles. The summed E-state index contributed by atoms with van der Waals surface area (Å²) in [4.78, 5) is 0. The SMILES string of the molecule is CC[C@H](O)[C@H](N)c1c(C)c(C)c(C)c(C)c1C.Cl. The molecule has 1 aromatic rings. The normalized spacial score (nSPS) is 14.0. The summed E-state index contributed by atoms with van der Waals surface area (Å²) >= 11 is 0. The minimum atomic E-state index is -0.464. The van der Waals surface area contributed by atoms with Crippen LogP contribution in [0.25, 0.3) is 0 Å². The smallest absolute Gasteiger partial charge is 0.0730 e. The minimum absolute atomic E-state index is 0.